The van der Waals surface area contributed by atoms with Crippen molar-refractivity contribution in [3.05, 3.63) is 55.2 Å². The minimum Gasteiger partial charge on any atom is -0.434 e. The molecule has 0 atom stereocenters. The van der Waals surface area contributed by atoms with Crippen molar-refractivity contribution >= 4 is 23.8 Å². The molecule has 0 aliphatic heterocycles. The van der Waals surface area contributed by atoms with Crippen molar-refractivity contribution in [2.45, 2.75) is 13.8 Å². The van der Waals surface area contributed by atoms with E-state index in [0.29, 0.717) is 0 Å². The second-order valence-electron chi connectivity index (χ2n) is 3.86. The summed E-state index contributed by atoms with van der Waals surface area (Å²) in [7, 11) is -1.88. The van der Waals surface area contributed by atoms with Crippen LogP contribution < -0.4 is 16.5 Å². The molecule has 0 amide bonds. The molecule has 0 fully saturated rings. The lowest BCUT2D eigenvalue weighted by Crippen LogP contribution is -2.27. The molecule has 0 saturated heterocycles. The standard InChI is InChI=1S/C13H12O3P.C2H6/c1-17(11-5-2-8-14-11,12-6-3-9-15-12)13-7-4-10-16-13;1-2/h2-10H,1H3;1-2H3/q+1;. The van der Waals surface area contributed by atoms with Crippen LogP contribution in [-0.4, -0.2) is 6.66 Å². The molecular weight excluding hydrogens is 259 g/mol. The highest BCUT2D eigenvalue weighted by atomic mass is 31.2. The van der Waals surface area contributed by atoms with Crippen LogP contribution in [0.5, 0.6) is 0 Å². The predicted molar refractivity (Wildman–Crippen MR) is 79.2 cm³/mol. The first kappa shape index (κ1) is 13.7. The van der Waals surface area contributed by atoms with Gasteiger partial charge in [0.2, 0.25) is 7.26 Å². The van der Waals surface area contributed by atoms with Crippen LogP contribution in [-0.2, 0) is 0 Å². The van der Waals surface area contributed by atoms with E-state index in [4.69, 9.17) is 13.3 Å². The minimum atomic E-state index is -1.88. The summed E-state index contributed by atoms with van der Waals surface area (Å²) in [5.41, 5.74) is 2.72. The Balaban J connectivity index is 0.000000637. The van der Waals surface area contributed by atoms with Crippen molar-refractivity contribution in [1.82, 2.24) is 0 Å². The normalized spacial score (nSPS) is 10.9. The Morgan fingerprint density at radius 3 is 1.21 bits per heavy atom. The summed E-state index contributed by atoms with van der Waals surface area (Å²) in [6.45, 7) is 6.13. The molecule has 4 heteroatoms. The van der Waals surface area contributed by atoms with Crippen LogP contribution in [0.25, 0.3) is 0 Å². The molecule has 0 bridgehead atoms. The highest BCUT2D eigenvalue weighted by Gasteiger charge is 2.49. The van der Waals surface area contributed by atoms with E-state index in [0.717, 1.165) is 16.5 Å². The quantitative estimate of drug-likeness (QED) is 0.689. The van der Waals surface area contributed by atoms with Gasteiger partial charge in [0, 0.05) is 18.2 Å². The molecule has 0 spiro atoms. The van der Waals surface area contributed by atoms with Gasteiger partial charge in [0.15, 0.2) is 0 Å². The number of hydrogen-bond acceptors (Lipinski definition) is 3. The van der Waals surface area contributed by atoms with Crippen LogP contribution in [0, 0.1) is 0 Å². The van der Waals surface area contributed by atoms with E-state index in [1.165, 1.54) is 0 Å². The van der Waals surface area contributed by atoms with E-state index < -0.39 is 7.26 Å². The zero-order valence-corrected chi connectivity index (χ0v) is 12.3. The highest BCUT2D eigenvalue weighted by molar-refractivity contribution is 7.94. The Bertz CT molecular complexity index is 481. The number of rotatable bonds is 3. The third-order valence-electron chi connectivity index (χ3n) is 2.84. The maximum Gasteiger partial charge on any atom is 0.262 e. The van der Waals surface area contributed by atoms with Gasteiger partial charge in [-0.2, -0.15) is 0 Å². The summed E-state index contributed by atoms with van der Waals surface area (Å²) < 4.78 is 16.7. The van der Waals surface area contributed by atoms with Gasteiger partial charge >= 0.3 is 0 Å². The zero-order valence-electron chi connectivity index (χ0n) is 11.4. The fraction of sp³-hybridized carbons (Fsp3) is 0.200. The van der Waals surface area contributed by atoms with Crippen LogP contribution in [0.15, 0.2) is 68.4 Å². The highest BCUT2D eigenvalue weighted by Crippen LogP contribution is 2.51. The first-order valence-corrected chi connectivity index (χ1v) is 8.54. The summed E-state index contributed by atoms with van der Waals surface area (Å²) in [4.78, 5) is 0. The third kappa shape index (κ3) is 2.39. The largest absolute Gasteiger partial charge is 0.434 e. The molecule has 3 heterocycles. The lowest BCUT2D eigenvalue weighted by molar-refractivity contribution is 0.582. The first-order valence-electron chi connectivity index (χ1n) is 6.30. The van der Waals surface area contributed by atoms with E-state index in [9.17, 15) is 0 Å². The molecular formula is C15H18O3P+. The molecule has 0 aliphatic rings. The topological polar surface area (TPSA) is 39.4 Å². The summed E-state index contributed by atoms with van der Waals surface area (Å²) in [6, 6.07) is 11.6. The molecule has 3 aromatic rings. The Hall–Kier alpha value is -1.73. The van der Waals surface area contributed by atoms with Gasteiger partial charge in [0.25, 0.3) is 16.5 Å². The van der Waals surface area contributed by atoms with Crippen molar-refractivity contribution in [3.8, 4) is 0 Å². The smallest absolute Gasteiger partial charge is 0.262 e. The molecule has 0 unspecified atom stereocenters. The Labute approximate surface area is 113 Å². The van der Waals surface area contributed by atoms with Gasteiger partial charge in [0.05, 0.1) is 25.5 Å². The molecule has 0 radical (unpaired) electrons. The van der Waals surface area contributed by atoms with Crippen LogP contribution in [0.3, 0.4) is 0 Å². The summed E-state index contributed by atoms with van der Waals surface area (Å²) in [5.74, 6) is 0. The van der Waals surface area contributed by atoms with Crippen molar-refractivity contribution in [2.24, 2.45) is 0 Å². The Kier molecular flexibility index (Phi) is 4.28. The van der Waals surface area contributed by atoms with Crippen LogP contribution >= 0.6 is 7.26 Å². The SMILES string of the molecule is CC.C[P+](c1ccco1)(c1ccco1)c1ccco1. The van der Waals surface area contributed by atoms with Gasteiger partial charge in [-0.05, 0) is 18.2 Å². The average molecular weight is 277 g/mol. The summed E-state index contributed by atoms with van der Waals surface area (Å²) >= 11 is 0. The van der Waals surface area contributed by atoms with E-state index in [2.05, 4.69) is 6.66 Å². The van der Waals surface area contributed by atoms with Crippen molar-refractivity contribution < 1.29 is 13.3 Å². The van der Waals surface area contributed by atoms with Gasteiger partial charge < -0.3 is 13.3 Å². The lowest BCUT2D eigenvalue weighted by Gasteiger charge is -2.12. The zero-order chi connectivity index (χ0) is 13.7. The molecule has 100 valence electrons. The molecule has 0 aliphatic carbocycles. The van der Waals surface area contributed by atoms with Crippen molar-refractivity contribution in [2.75, 3.05) is 6.66 Å². The molecule has 19 heavy (non-hydrogen) atoms. The second-order valence-corrected chi connectivity index (χ2v) is 7.19. The van der Waals surface area contributed by atoms with Crippen LogP contribution in [0.2, 0.25) is 0 Å². The van der Waals surface area contributed by atoms with Crippen molar-refractivity contribution in [1.29, 1.82) is 0 Å². The van der Waals surface area contributed by atoms with E-state index >= 15 is 0 Å². The van der Waals surface area contributed by atoms with E-state index in [-0.39, 0.29) is 0 Å². The maximum atomic E-state index is 5.58. The molecule has 0 aromatic carbocycles. The summed E-state index contributed by atoms with van der Waals surface area (Å²) in [6.07, 6.45) is 5.04. The van der Waals surface area contributed by atoms with Gasteiger partial charge in [-0.3, -0.25) is 0 Å². The second kappa shape index (κ2) is 5.94. The monoisotopic (exact) mass is 277 g/mol. The Morgan fingerprint density at radius 1 is 0.684 bits per heavy atom. The molecule has 3 nitrogen and oxygen atoms in total. The van der Waals surface area contributed by atoms with E-state index in [1.807, 2.05) is 50.2 Å². The van der Waals surface area contributed by atoms with E-state index in [1.54, 1.807) is 18.8 Å². The first-order chi connectivity index (χ1) is 9.32. The van der Waals surface area contributed by atoms with Gasteiger partial charge in [0.1, 0.15) is 0 Å². The van der Waals surface area contributed by atoms with Crippen LogP contribution in [0.4, 0.5) is 0 Å². The lowest BCUT2D eigenvalue weighted by atomic mass is 10.7. The van der Waals surface area contributed by atoms with Gasteiger partial charge in [-0.25, -0.2) is 0 Å². The fourth-order valence-corrected chi connectivity index (χ4v) is 4.52. The van der Waals surface area contributed by atoms with Gasteiger partial charge in [-0.1, -0.05) is 13.8 Å². The molecule has 3 rings (SSSR count). The van der Waals surface area contributed by atoms with Crippen LogP contribution in [0.1, 0.15) is 13.8 Å². The minimum absolute atomic E-state index is 0.905. The predicted octanol–water partition coefficient (Wildman–Crippen LogP) is 3.42. The van der Waals surface area contributed by atoms with Gasteiger partial charge in [-0.15, -0.1) is 0 Å². The van der Waals surface area contributed by atoms with Crippen molar-refractivity contribution in [3.63, 3.8) is 0 Å². The third-order valence-corrected chi connectivity index (χ3v) is 6.25. The fourth-order valence-electron chi connectivity index (χ4n) is 1.90. The molecule has 0 N–H and O–H groups in total. The molecule has 3 aromatic heterocycles. The maximum absolute atomic E-state index is 5.58. The number of furan rings is 3. The summed E-state index contributed by atoms with van der Waals surface area (Å²) in [5, 5.41) is 0. The number of hydrogen-bond donors (Lipinski definition) is 0. The average Bonchev–Trinajstić information content (AvgIpc) is 3.22. The Morgan fingerprint density at radius 2 is 1.00 bits per heavy atom. The molecule has 0 saturated carbocycles.